The fourth-order valence-electron chi connectivity index (χ4n) is 4.56. The largest absolute Gasteiger partial charge is 0.339 e. The van der Waals surface area contributed by atoms with Gasteiger partial charge in [-0.05, 0) is 97.2 Å². The molecule has 0 unspecified atom stereocenters. The van der Waals surface area contributed by atoms with Crippen LogP contribution in [0.2, 0.25) is 0 Å². The number of hydrogen-bond acceptors (Lipinski definition) is 6. The maximum Gasteiger partial charge on any atom is 0.253 e. The predicted molar refractivity (Wildman–Crippen MR) is 133 cm³/mol. The molecule has 0 aliphatic carbocycles. The van der Waals surface area contributed by atoms with Crippen LogP contribution in [0.4, 0.5) is 11.6 Å². The van der Waals surface area contributed by atoms with Crippen LogP contribution in [0, 0.1) is 0 Å². The Morgan fingerprint density at radius 1 is 1.00 bits per heavy atom. The first kappa shape index (κ1) is 21.6. The SMILES string of the molecule is O=C(c1ccc(Nc2nccc(-c3ccc(Br)s3)n2)cc1)N1CCC(N2CCCC2)CC1. The van der Waals surface area contributed by atoms with Gasteiger partial charge in [-0.2, -0.15) is 0 Å². The quantitative estimate of drug-likeness (QED) is 0.495. The van der Waals surface area contributed by atoms with Gasteiger partial charge >= 0.3 is 0 Å². The molecule has 1 aromatic carbocycles. The topological polar surface area (TPSA) is 61.4 Å². The van der Waals surface area contributed by atoms with Crippen molar-refractivity contribution in [1.29, 1.82) is 0 Å². The highest BCUT2D eigenvalue weighted by molar-refractivity contribution is 9.11. The van der Waals surface area contributed by atoms with Gasteiger partial charge < -0.3 is 15.1 Å². The molecule has 0 spiro atoms. The molecule has 0 radical (unpaired) electrons. The van der Waals surface area contributed by atoms with Crippen molar-refractivity contribution in [2.24, 2.45) is 0 Å². The zero-order chi connectivity index (χ0) is 21.9. The third kappa shape index (κ3) is 4.87. The molecule has 4 heterocycles. The van der Waals surface area contributed by atoms with Crippen LogP contribution in [0.5, 0.6) is 0 Å². The number of carbonyl (C=O) groups is 1. The molecule has 32 heavy (non-hydrogen) atoms. The smallest absolute Gasteiger partial charge is 0.253 e. The molecule has 2 fully saturated rings. The number of benzene rings is 1. The van der Waals surface area contributed by atoms with E-state index in [1.165, 1.54) is 25.9 Å². The lowest BCUT2D eigenvalue weighted by molar-refractivity contribution is 0.0644. The van der Waals surface area contributed by atoms with Crippen molar-refractivity contribution < 1.29 is 4.79 Å². The van der Waals surface area contributed by atoms with Gasteiger partial charge in [0.15, 0.2) is 0 Å². The van der Waals surface area contributed by atoms with Gasteiger partial charge in [-0.25, -0.2) is 9.97 Å². The molecule has 0 saturated carbocycles. The molecule has 2 aliphatic heterocycles. The molecule has 5 rings (SSSR count). The molecule has 1 N–H and O–H groups in total. The summed E-state index contributed by atoms with van der Waals surface area (Å²) in [4.78, 5) is 27.6. The normalized spacial score (nSPS) is 17.6. The Balaban J connectivity index is 1.20. The monoisotopic (exact) mass is 511 g/mol. The summed E-state index contributed by atoms with van der Waals surface area (Å²) >= 11 is 5.13. The Labute approximate surface area is 200 Å². The summed E-state index contributed by atoms with van der Waals surface area (Å²) in [6.45, 7) is 4.15. The number of piperidine rings is 1. The first-order valence-electron chi connectivity index (χ1n) is 11.1. The van der Waals surface area contributed by atoms with Crippen LogP contribution in [0.15, 0.2) is 52.4 Å². The summed E-state index contributed by atoms with van der Waals surface area (Å²) in [5.41, 5.74) is 2.47. The van der Waals surface area contributed by atoms with Gasteiger partial charge in [-0.1, -0.05) is 0 Å². The summed E-state index contributed by atoms with van der Waals surface area (Å²) in [7, 11) is 0. The molecule has 1 amide bonds. The Kier molecular flexibility index (Phi) is 6.52. The lowest BCUT2D eigenvalue weighted by atomic mass is 10.0. The molecule has 2 aromatic heterocycles. The van der Waals surface area contributed by atoms with Crippen molar-refractivity contribution in [2.45, 2.75) is 31.7 Å². The zero-order valence-electron chi connectivity index (χ0n) is 17.8. The van der Waals surface area contributed by atoms with Gasteiger partial charge in [-0.3, -0.25) is 4.79 Å². The molecule has 6 nitrogen and oxygen atoms in total. The average Bonchev–Trinajstić information content (AvgIpc) is 3.52. The molecule has 0 bridgehead atoms. The lowest BCUT2D eigenvalue weighted by Gasteiger charge is -2.36. The number of aromatic nitrogens is 2. The number of carbonyl (C=O) groups excluding carboxylic acids is 1. The lowest BCUT2D eigenvalue weighted by Crippen LogP contribution is -2.45. The van der Waals surface area contributed by atoms with Crippen LogP contribution in [-0.2, 0) is 0 Å². The van der Waals surface area contributed by atoms with E-state index in [-0.39, 0.29) is 5.91 Å². The molecular formula is C24H26BrN5OS. The van der Waals surface area contributed by atoms with Crippen LogP contribution in [0.3, 0.4) is 0 Å². The Bertz CT molecular complexity index is 1070. The van der Waals surface area contributed by atoms with Crippen LogP contribution in [0.1, 0.15) is 36.0 Å². The number of amides is 1. The van der Waals surface area contributed by atoms with E-state index in [1.807, 2.05) is 47.4 Å². The number of rotatable bonds is 5. The summed E-state index contributed by atoms with van der Waals surface area (Å²) in [6, 6.07) is 14.2. The first-order valence-corrected chi connectivity index (χ1v) is 12.8. The van der Waals surface area contributed by atoms with Gasteiger partial charge in [0.05, 0.1) is 14.4 Å². The Morgan fingerprint density at radius 2 is 1.75 bits per heavy atom. The van der Waals surface area contributed by atoms with Crippen molar-refractivity contribution in [1.82, 2.24) is 19.8 Å². The maximum absolute atomic E-state index is 13.0. The number of nitrogens with one attached hydrogen (secondary N) is 1. The van der Waals surface area contributed by atoms with Crippen molar-refractivity contribution in [3.63, 3.8) is 0 Å². The van der Waals surface area contributed by atoms with E-state index in [1.54, 1.807) is 17.5 Å². The molecule has 2 aliphatic rings. The van der Waals surface area contributed by atoms with E-state index in [2.05, 4.69) is 36.1 Å². The van der Waals surface area contributed by atoms with E-state index in [4.69, 9.17) is 0 Å². The molecule has 3 aromatic rings. The highest BCUT2D eigenvalue weighted by Gasteiger charge is 2.28. The molecule has 166 valence electrons. The third-order valence-corrected chi connectivity index (χ3v) is 7.92. The number of likely N-dealkylation sites (tertiary alicyclic amines) is 2. The number of thiophene rings is 1. The molecule has 0 atom stereocenters. The first-order chi connectivity index (χ1) is 15.7. The van der Waals surface area contributed by atoms with Crippen molar-refractivity contribution in [3.05, 3.63) is 58.0 Å². The Morgan fingerprint density at radius 3 is 2.44 bits per heavy atom. The van der Waals surface area contributed by atoms with E-state index < -0.39 is 0 Å². The van der Waals surface area contributed by atoms with Gasteiger partial charge in [-0.15, -0.1) is 11.3 Å². The number of halogens is 1. The summed E-state index contributed by atoms with van der Waals surface area (Å²) < 4.78 is 1.07. The van der Waals surface area contributed by atoms with Gasteiger partial charge in [0, 0.05) is 36.6 Å². The molecule has 8 heteroatoms. The van der Waals surface area contributed by atoms with Crippen molar-refractivity contribution in [3.8, 4) is 10.6 Å². The standard InChI is InChI=1S/C24H26BrN5OS/c25-22-8-7-21(32-22)20-9-12-26-24(28-20)27-18-5-3-17(4-6-18)23(31)30-15-10-19(11-16-30)29-13-1-2-14-29/h3-9,12,19H,1-2,10-11,13-16H2,(H,26,27,28). The van der Waals surface area contributed by atoms with Crippen LogP contribution in [-0.4, -0.2) is 57.9 Å². The van der Waals surface area contributed by atoms with E-state index >= 15 is 0 Å². The summed E-state index contributed by atoms with van der Waals surface area (Å²) in [5, 5.41) is 3.24. The van der Waals surface area contributed by atoms with Crippen LogP contribution in [0.25, 0.3) is 10.6 Å². The fourth-order valence-corrected chi connectivity index (χ4v) is 5.91. The molecular weight excluding hydrogens is 486 g/mol. The van der Waals surface area contributed by atoms with Crippen LogP contribution < -0.4 is 5.32 Å². The molecule has 2 saturated heterocycles. The second kappa shape index (κ2) is 9.68. The highest BCUT2D eigenvalue weighted by atomic mass is 79.9. The number of hydrogen-bond donors (Lipinski definition) is 1. The fraction of sp³-hybridized carbons (Fsp3) is 0.375. The van der Waals surface area contributed by atoms with Gasteiger partial charge in [0.2, 0.25) is 5.95 Å². The van der Waals surface area contributed by atoms with Gasteiger partial charge in [0.25, 0.3) is 5.91 Å². The summed E-state index contributed by atoms with van der Waals surface area (Å²) in [5.74, 6) is 0.660. The average molecular weight is 512 g/mol. The third-order valence-electron chi connectivity index (χ3n) is 6.28. The second-order valence-corrected chi connectivity index (χ2v) is 10.8. The van der Waals surface area contributed by atoms with E-state index in [0.29, 0.717) is 12.0 Å². The van der Waals surface area contributed by atoms with E-state index in [9.17, 15) is 4.79 Å². The van der Waals surface area contributed by atoms with Crippen LogP contribution >= 0.6 is 27.3 Å². The minimum absolute atomic E-state index is 0.123. The zero-order valence-corrected chi connectivity index (χ0v) is 20.2. The highest BCUT2D eigenvalue weighted by Crippen LogP contribution is 2.30. The predicted octanol–water partition coefficient (Wildman–Crippen LogP) is 5.41. The minimum atomic E-state index is 0.123. The minimum Gasteiger partial charge on any atom is -0.339 e. The second-order valence-electron chi connectivity index (χ2n) is 8.34. The van der Waals surface area contributed by atoms with E-state index in [0.717, 1.165) is 51.5 Å². The van der Waals surface area contributed by atoms with Crippen molar-refractivity contribution in [2.75, 3.05) is 31.5 Å². The number of anilines is 2. The summed E-state index contributed by atoms with van der Waals surface area (Å²) in [6.07, 6.45) is 6.56. The van der Waals surface area contributed by atoms with Gasteiger partial charge in [0.1, 0.15) is 0 Å². The number of nitrogens with zero attached hydrogens (tertiary/aromatic N) is 4. The maximum atomic E-state index is 13.0. The Hall–Kier alpha value is -2.29. The van der Waals surface area contributed by atoms with Crippen molar-refractivity contribution >= 4 is 44.8 Å².